The molecule has 1 amide bonds. The van der Waals surface area contributed by atoms with E-state index in [0.717, 1.165) is 12.0 Å². The molecule has 2 heterocycles. The molecule has 1 aromatic rings. The molecule has 2 fully saturated rings. The predicted molar refractivity (Wildman–Crippen MR) is 67.4 cm³/mol. The number of rotatable bonds is 3. The molecule has 6 heteroatoms. The van der Waals surface area contributed by atoms with Gasteiger partial charge >= 0.3 is 0 Å². The maximum Gasteiger partial charge on any atom is 0.226 e. The van der Waals surface area contributed by atoms with Crippen LogP contribution in [0.3, 0.4) is 0 Å². The fourth-order valence-corrected chi connectivity index (χ4v) is 2.79. The van der Waals surface area contributed by atoms with Crippen molar-refractivity contribution in [3.8, 4) is 0 Å². The lowest BCUT2D eigenvalue weighted by molar-refractivity contribution is -0.134. The molecular weight excluding hydrogens is 246 g/mol. The zero-order chi connectivity index (χ0) is 13.6. The Balaban J connectivity index is 1.63. The van der Waals surface area contributed by atoms with Crippen molar-refractivity contribution in [3.63, 3.8) is 0 Å². The van der Waals surface area contributed by atoms with Crippen molar-refractivity contribution in [2.75, 3.05) is 20.3 Å². The van der Waals surface area contributed by atoms with E-state index in [0.29, 0.717) is 13.2 Å². The van der Waals surface area contributed by atoms with Gasteiger partial charge in [0, 0.05) is 26.2 Å². The zero-order valence-electron chi connectivity index (χ0n) is 11.2. The molecule has 1 aromatic heterocycles. The van der Waals surface area contributed by atoms with Crippen LogP contribution in [0.5, 0.6) is 0 Å². The standard InChI is InChI=1S/C13H19N3O3/c1-15-5-8(4-14-15)9-3-10(9)13(18)16(2)11-6-19-7-12(11)17/h4-5,9-12,17H,3,6-7H2,1-2H3/t9-,10+,11+,12+/m0/s1. The highest BCUT2D eigenvalue weighted by atomic mass is 16.5. The summed E-state index contributed by atoms with van der Waals surface area (Å²) in [7, 11) is 3.63. The van der Waals surface area contributed by atoms with E-state index >= 15 is 0 Å². The number of hydrogen-bond acceptors (Lipinski definition) is 4. The van der Waals surface area contributed by atoms with Crippen molar-refractivity contribution in [1.82, 2.24) is 14.7 Å². The highest BCUT2D eigenvalue weighted by Gasteiger charge is 2.47. The highest BCUT2D eigenvalue weighted by Crippen LogP contribution is 2.48. The maximum atomic E-state index is 12.4. The third kappa shape index (κ3) is 2.26. The lowest BCUT2D eigenvalue weighted by atomic mass is 10.1. The number of aromatic nitrogens is 2. The molecular formula is C13H19N3O3. The van der Waals surface area contributed by atoms with Gasteiger partial charge in [0.15, 0.2) is 0 Å². The van der Waals surface area contributed by atoms with E-state index in [1.165, 1.54) is 0 Å². The summed E-state index contributed by atoms with van der Waals surface area (Å²) in [5.74, 6) is 0.411. The summed E-state index contributed by atoms with van der Waals surface area (Å²) >= 11 is 0. The zero-order valence-corrected chi connectivity index (χ0v) is 11.2. The Morgan fingerprint density at radius 1 is 1.58 bits per heavy atom. The highest BCUT2D eigenvalue weighted by molar-refractivity contribution is 5.83. The van der Waals surface area contributed by atoms with E-state index < -0.39 is 6.10 Å². The predicted octanol–water partition coefficient (Wildman–Crippen LogP) is -0.258. The summed E-state index contributed by atoms with van der Waals surface area (Å²) in [4.78, 5) is 14.0. The lowest BCUT2D eigenvalue weighted by Gasteiger charge is -2.25. The number of carbonyl (C=O) groups is 1. The molecule has 1 N–H and O–H groups in total. The molecule has 3 rings (SSSR count). The number of ether oxygens (including phenoxy) is 1. The van der Waals surface area contributed by atoms with Crippen LogP contribution in [-0.4, -0.2) is 58.1 Å². The number of hydrogen-bond donors (Lipinski definition) is 1. The third-order valence-electron chi connectivity index (χ3n) is 4.13. The normalized spacial score (nSPS) is 33.4. The largest absolute Gasteiger partial charge is 0.388 e. The number of likely N-dealkylation sites (N-methyl/N-ethyl adjacent to an activating group) is 1. The van der Waals surface area contributed by atoms with Crippen molar-refractivity contribution in [2.24, 2.45) is 13.0 Å². The SMILES string of the molecule is CN(C(=O)[C@@H]1C[C@H]1c1cnn(C)c1)[C@@H]1COC[C@H]1O. The number of aliphatic hydroxyl groups is 1. The molecule has 1 aliphatic heterocycles. The van der Waals surface area contributed by atoms with Crippen LogP contribution >= 0.6 is 0 Å². The molecule has 1 saturated carbocycles. The summed E-state index contributed by atoms with van der Waals surface area (Å²) in [6, 6.07) is -0.206. The second kappa shape index (κ2) is 4.61. The smallest absolute Gasteiger partial charge is 0.226 e. The molecule has 1 aliphatic carbocycles. The van der Waals surface area contributed by atoms with Crippen molar-refractivity contribution in [3.05, 3.63) is 18.0 Å². The van der Waals surface area contributed by atoms with Crippen LogP contribution in [0.4, 0.5) is 0 Å². The monoisotopic (exact) mass is 265 g/mol. The molecule has 19 heavy (non-hydrogen) atoms. The van der Waals surface area contributed by atoms with E-state index in [1.54, 1.807) is 16.6 Å². The van der Waals surface area contributed by atoms with Gasteiger partial charge in [-0.15, -0.1) is 0 Å². The molecule has 0 aromatic carbocycles. The van der Waals surface area contributed by atoms with Gasteiger partial charge in [-0.25, -0.2) is 0 Å². The number of nitrogens with zero attached hydrogens (tertiary/aromatic N) is 3. The van der Waals surface area contributed by atoms with Crippen molar-refractivity contribution in [2.45, 2.75) is 24.5 Å². The Labute approximate surface area is 112 Å². The number of amides is 1. The quantitative estimate of drug-likeness (QED) is 0.818. The molecule has 6 nitrogen and oxygen atoms in total. The Morgan fingerprint density at radius 3 is 2.95 bits per heavy atom. The van der Waals surface area contributed by atoms with Gasteiger partial charge in [0.1, 0.15) is 0 Å². The first-order chi connectivity index (χ1) is 9.08. The van der Waals surface area contributed by atoms with E-state index in [4.69, 9.17) is 4.74 Å². The van der Waals surface area contributed by atoms with Gasteiger partial charge in [-0.1, -0.05) is 0 Å². The topological polar surface area (TPSA) is 67.6 Å². The van der Waals surface area contributed by atoms with Crippen molar-refractivity contribution in [1.29, 1.82) is 0 Å². The molecule has 4 atom stereocenters. The molecule has 0 radical (unpaired) electrons. The van der Waals surface area contributed by atoms with E-state index in [2.05, 4.69) is 5.10 Å². The van der Waals surface area contributed by atoms with Crippen LogP contribution in [0.25, 0.3) is 0 Å². The van der Waals surface area contributed by atoms with Crippen molar-refractivity contribution >= 4 is 5.91 Å². The molecule has 0 spiro atoms. The number of carbonyl (C=O) groups excluding carboxylic acids is 1. The number of aliphatic hydroxyl groups excluding tert-OH is 1. The summed E-state index contributed by atoms with van der Waals surface area (Å²) in [6.45, 7) is 0.743. The Morgan fingerprint density at radius 2 is 2.37 bits per heavy atom. The Kier molecular flexibility index (Phi) is 3.06. The second-order valence-corrected chi connectivity index (χ2v) is 5.52. The summed E-state index contributed by atoms with van der Waals surface area (Å²) in [5, 5.41) is 13.9. The van der Waals surface area contributed by atoms with Gasteiger partial charge < -0.3 is 14.7 Å². The first-order valence-electron chi connectivity index (χ1n) is 6.59. The van der Waals surface area contributed by atoms with Crippen LogP contribution < -0.4 is 0 Å². The molecule has 0 unspecified atom stereocenters. The lowest BCUT2D eigenvalue weighted by Crippen LogP contribution is -2.44. The van der Waals surface area contributed by atoms with Gasteiger partial charge in [0.05, 0.1) is 31.6 Å². The van der Waals surface area contributed by atoms with Crippen LogP contribution in [-0.2, 0) is 16.6 Å². The average Bonchev–Trinajstić information content (AvgIpc) is 2.89. The first-order valence-corrected chi connectivity index (χ1v) is 6.59. The minimum atomic E-state index is -0.565. The van der Waals surface area contributed by atoms with Gasteiger partial charge in [-0.05, 0) is 17.9 Å². The minimum absolute atomic E-state index is 0.0296. The van der Waals surface area contributed by atoms with Gasteiger partial charge in [-0.2, -0.15) is 5.10 Å². The van der Waals surface area contributed by atoms with Gasteiger partial charge in [0.2, 0.25) is 5.91 Å². The number of aryl methyl sites for hydroxylation is 1. The third-order valence-corrected chi connectivity index (χ3v) is 4.13. The Hall–Kier alpha value is -1.40. The van der Waals surface area contributed by atoms with Crippen LogP contribution in [0.15, 0.2) is 12.4 Å². The van der Waals surface area contributed by atoms with E-state index in [9.17, 15) is 9.90 Å². The van der Waals surface area contributed by atoms with Crippen LogP contribution in [0, 0.1) is 5.92 Å². The van der Waals surface area contributed by atoms with Gasteiger partial charge in [0.25, 0.3) is 0 Å². The summed E-state index contributed by atoms with van der Waals surface area (Å²) in [6.07, 6.45) is 4.10. The van der Waals surface area contributed by atoms with Crippen LogP contribution in [0.1, 0.15) is 17.9 Å². The summed E-state index contributed by atoms with van der Waals surface area (Å²) in [5.41, 5.74) is 1.12. The van der Waals surface area contributed by atoms with Gasteiger partial charge in [-0.3, -0.25) is 9.48 Å². The first kappa shape index (κ1) is 12.6. The average molecular weight is 265 g/mol. The van der Waals surface area contributed by atoms with E-state index in [1.807, 2.05) is 19.4 Å². The summed E-state index contributed by atoms with van der Waals surface area (Å²) < 4.78 is 6.96. The fraction of sp³-hybridized carbons (Fsp3) is 0.692. The molecule has 104 valence electrons. The minimum Gasteiger partial charge on any atom is -0.388 e. The fourth-order valence-electron chi connectivity index (χ4n) is 2.79. The Bertz CT molecular complexity index is 487. The molecule has 1 saturated heterocycles. The van der Waals surface area contributed by atoms with Crippen LogP contribution in [0.2, 0.25) is 0 Å². The second-order valence-electron chi connectivity index (χ2n) is 5.52. The molecule has 2 aliphatic rings. The maximum absolute atomic E-state index is 12.4. The van der Waals surface area contributed by atoms with Crippen molar-refractivity contribution < 1.29 is 14.6 Å². The van der Waals surface area contributed by atoms with E-state index in [-0.39, 0.29) is 23.8 Å². The molecule has 0 bridgehead atoms.